The first-order valence-corrected chi connectivity index (χ1v) is 14.9. The van der Waals surface area contributed by atoms with Gasteiger partial charge in [-0.1, -0.05) is 36.4 Å². The van der Waals surface area contributed by atoms with E-state index in [1.807, 2.05) is 65.6 Å². The van der Waals surface area contributed by atoms with Crippen molar-refractivity contribution in [3.63, 3.8) is 0 Å². The quantitative estimate of drug-likeness (QED) is 0.0476. The zero-order chi connectivity index (χ0) is 35.6. The molecule has 5 aromatic carbocycles. The smallest absolute Gasteiger partial charge is 0.328 e. The minimum atomic E-state index is -1.06. The number of aliphatic carboxylic acids is 1. The van der Waals surface area contributed by atoms with E-state index in [-0.39, 0.29) is 11.4 Å². The number of benzene rings is 5. The zero-order valence-corrected chi connectivity index (χ0v) is 26.1. The number of nitro benzene ring substituents is 2. The van der Waals surface area contributed by atoms with Crippen LogP contribution in [0.1, 0.15) is 27.8 Å². The first-order chi connectivity index (χ1) is 24.1. The van der Waals surface area contributed by atoms with Crippen molar-refractivity contribution < 1.29 is 19.7 Å². The van der Waals surface area contributed by atoms with Gasteiger partial charge in [0.1, 0.15) is 0 Å². The van der Waals surface area contributed by atoms with E-state index >= 15 is 0 Å². The zero-order valence-electron chi connectivity index (χ0n) is 26.1. The van der Waals surface area contributed by atoms with Crippen LogP contribution < -0.4 is 4.90 Å². The van der Waals surface area contributed by atoms with Crippen LogP contribution in [0.5, 0.6) is 0 Å². The van der Waals surface area contributed by atoms with Crippen LogP contribution in [0.4, 0.5) is 28.4 Å². The SMILES string of the molecule is N#C/C(=C\c1ccc(N(c2ccc(/C=C(\C#N)c3ccc([N+](=O)[O-])cc3)cc2)c2ccc(/C=C/C(=O)O)cc2)cc1)c1ccc([N+](=O)[O-])cc1. The fourth-order valence-electron chi connectivity index (χ4n) is 5.01. The minimum absolute atomic E-state index is 0.0690. The van der Waals surface area contributed by atoms with E-state index in [1.165, 1.54) is 54.6 Å². The molecule has 0 aliphatic heterocycles. The Morgan fingerprint density at radius 1 is 0.580 bits per heavy atom. The Morgan fingerprint density at radius 3 is 1.22 bits per heavy atom. The number of anilines is 3. The van der Waals surface area contributed by atoms with Gasteiger partial charge in [0.25, 0.3) is 11.4 Å². The molecule has 0 saturated heterocycles. The van der Waals surface area contributed by atoms with E-state index in [0.717, 1.165) is 34.3 Å². The summed E-state index contributed by atoms with van der Waals surface area (Å²) in [5.74, 6) is -1.06. The number of carbonyl (C=O) groups is 1. The predicted octanol–water partition coefficient (Wildman–Crippen LogP) is 9.20. The van der Waals surface area contributed by atoms with Crippen molar-refractivity contribution in [1.29, 1.82) is 10.5 Å². The summed E-state index contributed by atoms with van der Waals surface area (Å²) in [4.78, 5) is 34.0. The molecule has 0 heterocycles. The number of rotatable bonds is 11. The van der Waals surface area contributed by atoms with Crippen LogP contribution in [-0.2, 0) is 4.79 Å². The van der Waals surface area contributed by atoms with Crippen molar-refractivity contribution in [2.45, 2.75) is 0 Å². The molecule has 1 N–H and O–H groups in total. The topological polar surface area (TPSA) is 174 Å². The highest BCUT2D eigenvalue weighted by Crippen LogP contribution is 2.36. The monoisotopic (exact) mass is 659 g/mol. The third-order valence-corrected chi connectivity index (χ3v) is 7.51. The molecule has 242 valence electrons. The molecule has 50 heavy (non-hydrogen) atoms. The lowest BCUT2D eigenvalue weighted by Crippen LogP contribution is -2.09. The van der Waals surface area contributed by atoms with Crippen molar-refractivity contribution in [2.75, 3.05) is 4.90 Å². The van der Waals surface area contributed by atoms with Crippen LogP contribution in [0, 0.1) is 42.9 Å². The first kappa shape index (κ1) is 33.7. The Morgan fingerprint density at radius 2 is 0.920 bits per heavy atom. The standard InChI is InChI=1S/C39H25N5O6/c40-25-32(30-8-18-37(19-9-30)43(47)48)23-28-3-14-35(15-4-28)42(34-12-1-27(2-13-34)7-22-39(45)46)36-16-5-29(6-17-36)24-33(26-41)31-10-20-38(21-11-31)44(49)50/h1-24H,(H,45,46)/b22-7+,32-23+,33-24+. The molecule has 0 radical (unpaired) electrons. The fraction of sp³-hybridized carbons (Fsp3) is 0. The maximum Gasteiger partial charge on any atom is 0.328 e. The van der Waals surface area contributed by atoms with Gasteiger partial charge in [-0.05, 0) is 107 Å². The first-order valence-electron chi connectivity index (χ1n) is 14.9. The number of non-ortho nitro benzene ring substituents is 2. The molecule has 11 nitrogen and oxygen atoms in total. The molecular weight excluding hydrogens is 634 g/mol. The molecule has 0 bridgehead atoms. The molecule has 0 amide bonds. The summed E-state index contributed by atoms with van der Waals surface area (Å²) >= 11 is 0. The highest BCUT2D eigenvalue weighted by atomic mass is 16.6. The van der Waals surface area contributed by atoms with Crippen LogP contribution in [0.3, 0.4) is 0 Å². The Labute approximate surface area is 286 Å². The molecule has 5 aromatic rings. The second-order valence-corrected chi connectivity index (χ2v) is 10.7. The summed E-state index contributed by atoms with van der Waals surface area (Å²) in [7, 11) is 0. The molecule has 0 fully saturated rings. The van der Waals surface area contributed by atoms with Gasteiger partial charge in [-0.3, -0.25) is 20.2 Å². The second-order valence-electron chi connectivity index (χ2n) is 10.7. The van der Waals surface area contributed by atoms with Crippen molar-refractivity contribution in [1.82, 2.24) is 0 Å². The number of nitro groups is 2. The van der Waals surface area contributed by atoms with Crippen LogP contribution in [0.2, 0.25) is 0 Å². The maximum atomic E-state index is 11.0. The number of nitrogens with zero attached hydrogens (tertiary/aromatic N) is 5. The lowest BCUT2D eigenvalue weighted by molar-refractivity contribution is -0.385. The van der Waals surface area contributed by atoms with Crippen LogP contribution in [-0.4, -0.2) is 20.9 Å². The summed E-state index contributed by atoms with van der Waals surface area (Å²) in [6.07, 6.45) is 5.94. The van der Waals surface area contributed by atoms with Gasteiger partial charge >= 0.3 is 5.97 Å². The van der Waals surface area contributed by atoms with Gasteiger partial charge in [-0.15, -0.1) is 0 Å². The normalized spacial score (nSPS) is 11.4. The highest BCUT2D eigenvalue weighted by Gasteiger charge is 2.14. The van der Waals surface area contributed by atoms with Crippen LogP contribution in [0.15, 0.2) is 127 Å². The molecule has 5 rings (SSSR count). The van der Waals surface area contributed by atoms with E-state index in [1.54, 1.807) is 24.3 Å². The molecule has 0 saturated carbocycles. The Balaban J connectivity index is 1.48. The van der Waals surface area contributed by atoms with E-state index in [2.05, 4.69) is 12.1 Å². The molecule has 0 aromatic heterocycles. The van der Waals surface area contributed by atoms with Crippen molar-refractivity contribution in [3.8, 4) is 12.1 Å². The Bertz CT molecular complexity index is 2100. The van der Waals surface area contributed by atoms with E-state index in [4.69, 9.17) is 5.11 Å². The van der Waals surface area contributed by atoms with Gasteiger partial charge < -0.3 is 10.0 Å². The summed E-state index contributed by atoms with van der Waals surface area (Å²) in [5, 5.41) is 50.6. The Hall–Kier alpha value is -7.63. The van der Waals surface area contributed by atoms with Crippen LogP contribution in [0.25, 0.3) is 29.4 Å². The van der Waals surface area contributed by atoms with Crippen molar-refractivity contribution in [3.05, 3.63) is 175 Å². The fourth-order valence-corrected chi connectivity index (χ4v) is 5.01. The van der Waals surface area contributed by atoms with Crippen molar-refractivity contribution >= 4 is 63.8 Å². The van der Waals surface area contributed by atoms with Gasteiger partial charge in [0.05, 0.1) is 33.1 Å². The van der Waals surface area contributed by atoms with E-state index < -0.39 is 15.8 Å². The number of hydrogen-bond donors (Lipinski definition) is 1. The number of allylic oxidation sites excluding steroid dienone is 2. The molecular formula is C39H25N5O6. The number of hydrogen-bond acceptors (Lipinski definition) is 8. The molecule has 0 aliphatic rings. The summed E-state index contributed by atoms with van der Waals surface area (Å²) in [6.45, 7) is 0. The van der Waals surface area contributed by atoms with Gasteiger partial charge in [0, 0.05) is 47.4 Å². The van der Waals surface area contributed by atoms with Crippen molar-refractivity contribution in [2.24, 2.45) is 0 Å². The van der Waals surface area contributed by atoms with Gasteiger partial charge in [0.2, 0.25) is 0 Å². The van der Waals surface area contributed by atoms with E-state index in [0.29, 0.717) is 27.8 Å². The summed E-state index contributed by atoms with van der Waals surface area (Å²) in [6, 6.07) is 38.0. The minimum Gasteiger partial charge on any atom is -0.478 e. The van der Waals surface area contributed by atoms with E-state index in [9.17, 15) is 35.5 Å². The molecule has 0 aliphatic carbocycles. The summed E-state index contributed by atoms with van der Waals surface area (Å²) in [5.41, 5.74) is 6.11. The second kappa shape index (κ2) is 15.3. The average Bonchev–Trinajstić information content (AvgIpc) is 3.14. The van der Waals surface area contributed by atoms with Gasteiger partial charge in [-0.25, -0.2) is 4.79 Å². The van der Waals surface area contributed by atoms with Crippen LogP contribution >= 0.6 is 0 Å². The maximum absolute atomic E-state index is 11.0. The summed E-state index contributed by atoms with van der Waals surface area (Å²) < 4.78 is 0. The largest absolute Gasteiger partial charge is 0.478 e. The number of carboxylic acid groups (broad SMARTS) is 1. The number of nitriles is 2. The van der Waals surface area contributed by atoms with Gasteiger partial charge in [-0.2, -0.15) is 10.5 Å². The lowest BCUT2D eigenvalue weighted by atomic mass is 10.0. The van der Waals surface area contributed by atoms with Gasteiger partial charge in [0.15, 0.2) is 0 Å². The molecule has 11 heteroatoms. The Kier molecular flexibility index (Phi) is 10.3. The molecule has 0 unspecified atom stereocenters. The number of carboxylic acids is 1. The average molecular weight is 660 g/mol. The predicted molar refractivity (Wildman–Crippen MR) is 191 cm³/mol. The lowest BCUT2D eigenvalue weighted by Gasteiger charge is -2.26. The molecule has 0 spiro atoms. The third-order valence-electron chi connectivity index (χ3n) is 7.51. The highest BCUT2D eigenvalue weighted by molar-refractivity contribution is 5.91. The molecule has 0 atom stereocenters. The third kappa shape index (κ3) is 8.20.